The average Bonchev–Trinajstić information content (AvgIpc) is 2.20. The number of rotatable bonds is 1. The Kier molecular flexibility index (Phi) is 5.69. The van der Waals surface area contributed by atoms with Gasteiger partial charge >= 0.3 is 19.2 Å². The zero-order valence-electron chi connectivity index (χ0n) is 7.43. The molecule has 1 aromatic carbocycles. The lowest BCUT2D eigenvalue weighted by Crippen LogP contribution is -2.18. The summed E-state index contributed by atoms with van der Waals surface area (Å²) in [5, 5.41) is 14.8. The van der Waals surface area contributed by atoms with E-state index in [0.717, 1.165) is 0 Å². The van der Waals surface area contributed by atoms with Gasteiger partial charge in [-0.1, -0.05) is 30.3 Å². The first-order valence-electron chi connectivity index (χ1n) is 3.74. The normalized spacial score (nSPS) is 8.40. The topological polar surface area (TPSA) is 74.6 Å². The van der Waals surface area contributed by atoms with E-state index in [9.17, 15) is 8.63 Å². The van der Waals surface area contributed by atoms with E-state index in [2.05, 4.69) is 0 Å². The van der Waals surface area contributed by atoms with Crippen molar-refractivity contribution in [1.82, 2.24) is 0 Å². The molecule has 0 aliphatic rings. The summed E-state index contributed by atoms with van der Waals surface area (Å²) in [4.78, 5) is 18.2. The smallest absolute Gasteiger partial charge is 0.473 e. The lowest BCUT2D eigenvalue weighted by Gasteiger charge is -1.90. The fourth-order valence-corrected chi connectivity index (χ4v) is 0.599. The SMILES string of the molecule is FB(F)c1ccccc1.O=C(O)C(=O)O. The van der Waals surface area contributed by atoms with Crippen molar-refractivity contribution >= 4 is 24.7 Å². The molecule has 7 heteroatoms. The summed E-state index contributed by atoms with van der Waals surface area (Å²) >= 11 is 0. The summed E-state index contributed by atoms with van der Waals surface area (Å²) in [5.74, 6) is -3.65. The number of hydrogen-bond donors (Lipinski definition) is 2. The van der Waals surface area contributed by atoms with Crippen LogP contribution in [0.3, 0.4) is 0 Å². The van der Waals surface area contributed by atoms with Gasteiger partial charge in [0.25, 0.3) is 0 Å². The van der Waals surface area contributed by atoms with Gasteiger partial charge in [-0.05, 0) is 5.46 Å². The van der Waals surface area contributed by atoms with Crippen LogP contribution in [0.5, 0.6) is 0 Å². The summed E-state index contributed by atoms with van der Waals surface area (Å²) in [5.41, 5.74) is 0.0810. The summed E-state index contributed by atoms with van der Waals surface area (Å²) in [6.45, 7) is 0. The van der Waals surface area contributed by atoms with Gasteiger partial charge in [-0.3, -0.25) is 8.63 Å². The molecule has 0 saturated heterocycles. The Morgan fingerprint density at radius 2 is 1.40 bits per heavy atom. The molecule has 0 aromatic heterocycles. The van der Waals surface area contributed by atoms with Crippen molar-refractivity contribution in [3.05, 3.63) is 30.3 Å². The predicted molar refractivity (Wildman–Crippen MR) is 49.3 cm³/mol. The highest BCUT2D eigenvalue weighted by atomic mass is 19.2. The number of carboxylic acids is 2. The van der Waals surface area contributed by atoms with Crippen LogP contribution >= 0.6 is 0 Å². The van der Waals surface area contributed by atoms with Crippen molar-refractivity contribution in [2.75, 3.05) is 0 Å². The Morgan fingerprint density at radius 1 is 1.00 bits per heavy atom. The maximum absolute atomic E-state index is 11.8. The zero-order valence-corrected chi connectivity index (χ0v) is 7.43. The van der Waals surface area contributed by atoms with Gasteiger partial charge in [0.15, 0.2) is 0 Å². The van der Waals surface area contributed by atoms with Gasteiger partial charge < -0.3 is 10.2 Å². The lowest BCUT2D eigenvalue weighted by molar-refractivity contribution is -0.159. The van der Waals surface area contributed by atoms with Crippen LogP contribution in [-0.2, 0) is 9.59 Å². The van der Waals surface area contributed by atoms with Crippen LogP contribution in [0.15, 0.2) is 30.3 Å². The van der Waals surface area contributed by atoms with Crippen LogP contribution in [0, 0.1) is 0 Å². The Labute approximate surface area is 84.3 Å². The third-order valence-electron chi connectivity index (χ3n) is 1.23. The van der Waals surface area contributed by atoms with E-state index in [-0.39, 0.29) is 5.46 Å². The van der Waals surface area contributed by atoms with Crippen molar-refractivity contribution in [2.24, 2.45) is 0 Å². The minimum atomic E-state index is -2.34. The van der Waals surface area contributed by atoms with Gasteiger partial charge in [-0.15, -0.1) is 0 Å². The summed E-state index contributed by atoms with van der Waals surface area (Å²) in [7, 11) is -2.34. The van der Waals surface area contributed by atoms with Crippen molar-refractivity contribution < 1.29 is 28.4 Å². The van der Waals surface area contributed by atoms with Gasteiger partial charge in [0.2, 0.25) is 0 Å². The quantitative estimate of drug-likeness (QED) is 0.528. The Hall–Kier alpha value is -1.92. The number of aliphatic carboxylic acids is 2. The maximum atomic E-state index is 11.8. The minimum absolute atomic E-state index is 0.0810. The van der Waals surface area contributed by atoms with E-state index >= 15 is 0 Å². The first-order chi connectivity index (χ1) is 6.95. The van der Waals surface area contributed by atoms with Crippen molar-refractivity contribution in [2.45, 2.75) is 0 Å². The molecule has 0 spiro atoms. The number of benzene rings is 1. The highest BCUT2D eigenvalue weighted by Crippen LogP contribution is 1.89. The lowest BCUT2D eigenvalue weighted by atomic mass is 9.86. The van der Waals surface area contributed by atoms with Crippen LogP contribution in [0.4, 0.5) is 8.63 Å². The molecule has 0 radical (unpaired) electrons. The molecule has 0 saturated carbocycles. The van der Waals surface area contributed by atoms with Crippen LogP contribution in [0.25, 0.3) is 0 Å². The number of hydrogen-bond acceptors (Lipinski definition) is 2. The van der Waals surface area contributed by atoms with E-state index in [1.807, 2.05) is 0 Å². The fraction of sp³-hybridized carbons (Fsp3) is 0. The molecule has 80 valence electrons. The van der Waals surface area contributed by atoms with E-state index in [1.165, 1.54) is 12.1 Å². The molecule has 1 rings (SSSR count). The van der Waals surface area contributed by atoms with Crippen LogP contribution in [0.2, 0.25) is 0 Å². The summed E-state index contributed by atoms with van der Waals surface area (Å²) in [6, 6.07) is 7.73. The van der Waals surface area contributed by atoms with Crippen molar-refractivity contribution in [1.29, 1.82) is 0 Å². The first kappa shape index (κ1) is 13.1. The minimum Gasteiger partial charge on any atom is -0.473 e. The van der Waals surface area contributed by atoms with Crippen molar-refractivity contribution in [3.63, 3.8) is 0 Å². The largest absolute Gasteiger partial charge is 0.571 e. The third kappa shape index (κ3) is 6.20. The third-order valence-corrected chi connectivity index (χ3v) is 1.23. The first-order valence-corrected chi connectivity index (χ1v) is 3.74. The van der Waals surface area contributed by atoms with E-state index in [4.69, 9.17) is 19.8 Å². The summed E-state index contributed by atoms with van der Waals surface area (Å²) in [6.07, 6.45) is 0. The Morgan fingerprint density at radius 3 is 1.60 bits per heavy atom. The predicted octanol–water partition coefficient (Wildman–Crippen LogP) is 0.476. The van der Waals surface area contributed by atoms with Gasteiger partial charge in [-0.25, -0.2) is 9.59 Å². The molecule has 0 aliphatic carbocycles. The Balaban J connectivity index is 0.000000288. The molecule has 0 atom stereocenters. The molecule has 0 bridgehead atoms. The molecule has 4 nitrogen and oxygen atoms in total. The second kappa shape index (κ2) is 6.53. The van der Waals surface area contributed by atoms with Gasteiger partial charge in [-0.2, -0.15) is 0 Å². The zero-order chi connectivity index (χ0) is 11.8. The molecular weight excluding hydrogens is 209 g/mol. The van der Waals surface area contributed by atoms with Crippen LogP contribution in [0.1, 0.15) is 0 Å². The second-order valence-electron chi connectivity index (χ2n) is 2.32. The molecule has 1 aromatic rings. The number of halogens is 2. The molecule has 0 aliphatic heterocycles. The van der Waals surface area contributed by atoms with Crippen LogP contribution in [-0.4, -0.2) is 29.4 Å². The molecule has 0 unspecified atom stereocenters. The van der Waals surface area contributed by atoms with Gasteiger partial charge in [0.1, 0.15) is 0 Å². The highest BCUT2D eigenvalue weighted by molar-refractivity contribution is 6.59. The number of carboxylic acid groups (broad SMARTS) is 2. The Bertz CT molecular complexity index is 317. The molecule has 0 fully saturated rings. The highest BCUT2D eigenvalue weighted by Gasteiger charge is 2.13. The van der Waals surface area contributed by atoms with E-state index in [1.54, 1.807) is 18.2 Å². The fourth-order valence-electron chi connectivity index (χ4n) is 0.599. The molecule has 15 heavy (non-hydrogen) atoms. The average molecular weight is 216 g/mol. The molecule has 0 heterocycles. The molecule has 0 amide bonds. The van der Waals surface area contributed by atoms with E-state index in [0.29, 0.717) is 0 Å². The van der Waals surface area contributed by atoms with Crippen LogP contribution < -0.4 is 5.46 Å². The molecular formula is C8H7BF2O4. The summed E-state index contributed by atoms with van der Waals surface area (Å²) < 4.78 is 23.5. The monoisotopic (exact) mass is 216 g/mol. The van der Waals surface area contributed by atoms with E-state index < -0.39 is 19.2 Å². The molecule has 2 N–H and O–H groups in total. The number of carbonyl (C=O) groups is 2. The van der Waals surface area contributed by atoms with Gasteiger partial charge in [0, 0.05) is 0 Å². The second-order valence-corrected chi connectivity index (χ2v) is 2.32. The van der Waals surface area contributed by atoms with Gasteiger partial charge in [0.05, 0.1) is 0 Å². The maximum Gasteiger partial charge on any atom is 0.571 e. The van der Waals surface area contributed by atoms with Crippen molar-refractivity contribution in [3.8, 4) is 0 Å². The standard InChI is InChI=1S/C6H5BF2.C2H2O4/c8-7(9)6-4-2-1-3-5-6;3-1(4)2(5)6/h1-5H;(H,3,4)(H,5,6).